The summed E-state index contributed by atoms with van der Waals surface area (Å²) in [4.78, 5) is 27.4. The Hall–Kier alpha value is -2.30. The number of piperazine rings is 1. The summed E-state index contributed by atoms with van der Waals surface area (Å²) in [6.45, 7) is 7.74. The lowest BCUT2D eigenvalue weighted by Gasteiger charge is -2.34. The van der Waals surface area contributed by atoms with Crippen molar-refractivity contribution >= 4 is 12.0 Å². The number of benzene rings is 1. The minimum atomic E-state index is -0.350. The molecule has 0 unspecified atom stereocenters. The van der Waals surface area contributed by atoms with E-state index in [1.807, 2.05) is 31.2 Å². The quantitative estimate of drug-likeness (QED) is 0.800. The minimum Gasteiger partial charge on any atom is -0.445 e. The molecule has 0 radical (unpaired) electrons. The highest BCUT2D eigenvalue weighted by molar-refractivity contribution is 5.94. The summed E-state index contributed by atoms with van der Waals surface area (Å²) in [6, 6.07) is 7.52. The predicted molar refractivity (Wildman–Crippen MR) is 80.2 cm³/mol. The van der Waals surface area contributed by atoms with Crippen LogP contribution in [0.25, 0.3) is 0 Å². The number of aryl methyl sites for hydroxylation is 1. The summed E-state index contributed by atoms with van der Waals surface area (Å²) in [5.74, 6) is 0.00843. The van der Waals surface area contributed by atoms with Crippen molar-refractivity contribution in [1.82, 2.24) is 9.80 Å². The standard InChI is InChI=1S/C16H20N2O3/c1-3-12-21-16(20)18-10-8-17(9-11-18)15(19)14-6-4-13(2)5-7-14/h3-7H,1,8-12H2,2H3. The molecular formula is C16H20N2O3. The van der Waals surface area contributed by atoms with Crippen LogP contribution in [0.2, 0.25) is 0 Å². The summed E-state index contributed by atoms with van der Waals surface area (Å²) >= 11 is 0. The monoisotopic (exact) mass is 288 g/mol. The Bertz CT molecular complexity index is 517. The molecule has 0 spiro atoms. The molecule has 0 aromatic heterocycles. The summed E-state index contributed by atoms with van der Waals surface area (Å²) < 4.78 is 4.99. The first kappa shape index (κ1) is 15.1. The van der Waals surface area contributed by atoms with E-state index >= 15 is 0 Å². The Morgan fingerprint density at radius 1 is 1.14 bits per heavy atom. The van der Waals surface area contributed by atoms with E-state index in [1.165, 1.54) is 6.08 Å². The maximum absolute atomic E-state index is 12.3. The zero-order chi connectivity index (χ0) is 15.2. The molecule has 1 aromatic carbocycles. The maximum Gasteiger partial charge on any atom is 0.410 e. The Labute approximate surface area is 124 Å². The second kappa shape index (κ2) is 6.92. The number of ether oxygens (including phenoxy) is 1. The number of amides is 2. The van der Waals surface area contributed by atoms with Gasteiger partial charge in [-0.05, 0) is 19.1 Å². The summed E-state index contributed by atoms with van der Waals surface area (Å²) in [6.07, 6.45) is 1.19. The van der Waals surface area contributed by atoms with Crippen molar-refractivity contribution in [2.24, 2.45) is 0 Å². The van der Waals surface area contributed by atoms with Crippen LogP contribution >= 0.6 is 0 Å². The average molecular weight is 288 g/mol. The van der Waals surface area contributed by atoms with Crippen LogP contribution in [-0.2, 0) is 4.74 Å². The molecule has 1 aromatic rings. The first-order valence-electron chi connectivity index (χ1n) is 7.00. The van der Waals surface area contributed by atoms with Gasteiger partial charge in [0.05, 0.1) is 0 Å². The lowest BCUT2D eigenvalue weighted by Crippen LogP contribution is -2.50. The Balaban J connectivity index is 1.88. The first-order chi connectivity index (χ1) is 10.1. The van der Waals surface area contributed by atoms with Gasteiger partial charge in [0.25, 0.3) is 5.91 Å². The van der Waals surface area contributed by atoms with Gasteiger partial charge in [-0.25, -0.2) is 4.79 Å². The molecule has 0 aliphatic carbocycles. The third-order valence-corrected chi connectivity index (χ3v) is 3.45. The van der Waals surface area contributed by atoms with E-state index in [9.17, 15) is 9.59 Å². The molecule has 0 saturated carbocycles. The largest absolute Gasteiger partial charge is 0.445 e. The van der Waals surface area contributed by atoms with Crippen molar-refractivity contribution in [3.8, 4) is 0 Å². The number of carbonyl (C=O) groups is 2. The predicted octanol–water partition coefficient (Wildman–Crippen LogP) is 2.08. The van der Waals surface area contributed by atoms with Crippen LogP contribution in [0.15, 0.2) is 36.9 Å². The fourth-order valence-electron chi connectivity index (χ4n) is 2.19. The van der Waals surface area contributed by atoms with Crippen LogP contribution in [-0.4, -0.2) is 54.6 Å². The Kier molecular flexibility index (Phi) is 4.98. The lowest BCUT2D eigenvalue weighted by atomic mass is 10.1. The smallest absolute Gasteiger partial charge is 0.410 e. The van der Waals surface area contributed by atoms with E-state index in [0.717, 1.165) is 5.56 Å². The van der Waals surface area contributed by atoms with Crippen LogP contribution in [0.5, 0.6) is 0 Å². The van der Waals surface area contributed by atoms with Crippen molar-refractivity contribution in [3.05, 3.63) is 48.0 Å². The zero-order valence-electron chi connectivity index (χ0n) is 12.2. The Morgan fingerprint density at radius 2 is 1.71 bits per heavy atom. The highest BCUT2D eigenvalue weighted by Crippen LogP contribution is 2.10. The van der Waals surface area contributed by atoms with Gasteiger partial charge in [0.2, 0.25) is 0 Å². The van der Waals surface area contributed by atoms with Crippen molar-refractivity contribution in [3.63, 3.8) is 0 Å². The molecule has 1 aliphatic rings. The van der Waals surface area contributed by atoms with Gasteiger partial charge in [-0.1, -0.05) is 30.4 Å². The molecular weight excluding hydrogens is 268 g/mol. The van der Waals surface area contributed by atoms with Crippen molar-refractivity contribution in [2.75, 3.05) is 32.8 Å². The second-order valence-electron chi connectivity index (χ2n) is 5.01. The molecule has 1 aliphatic heterocycles. The molecule has 0 atom stereocenters. The SMILES string of the molecule is C=CCOC(=O)N1CCN(C(=O)c2ccc(C)cc2)CC1. The highest BCUT2D eigenvalue weighted by atomic mass is 16.6. The molecule has 0 N–H and O–H groups in total. The van der Waals surface area contributed by atoms with E-state index in [-0.39, 0.29) is 18.6 Å². The first-order valence-corrected chi connectivity index (χ1v) is 7.00. The van der Waals surface area contributed by atoms with Gasteiger partial charge in [-0.2, -0.15) is 0 Å². The van der Waals surface area contributed by atoms with Gasteiger partial charge >= 0.3 is 6.09 Å². The molecule has 2 rings (SSSR count). The fourth-order valence-corrected chi connectivity index (χ4v) is 2.19. The molecule has 21 heavy (non-hydrogen) atoms. The maximum atomic E-state index is 12.3. The number of hydrogen-bond donors (Lipinski definition) is 0. The topological polar surface area (TPSA) is 49.9 Å². The van der Waals surface area contributed by atoms with Crippen molar-refractivity contribution in [1.29, 1.82) is 0 Å². The third-order valence-electron chi connectivity index (χ3n) is 3.45. The Morgan fingerprint density at radius 3 is 2.29 bits per heavy atom. The van der Waals surface area contributed by atoms with Crippen LogP contribution < -0.4 is 0 Å². The van der Waals surface area contributed by atoms with Gasteiger partial charge in [0.1, 0.15) is 6.61 Å². The van der Waals surface area contributed by atoms with Gasteiger partial charge in [-0.3, -0.25) is 4.79 Å². The summed E-state index contributed by atoms with van der Waals surface area (Å²) in [7, 11) is 0. The van der Waals surface area contributed by atoms with Crippen molar-refractivity contribution < 1.29 is 14.3 Å². The van der Waals surface area contributed by atoms with E-state index in [2.05, 4.69) is 6.58 Å². The van der Waals surface area contributed by atoms with Crippen LogP contribution in [0.4, 0.5) is 4.79 Å². The molecule has 2 amide bonds. The minimum absolute atomic E-state index is 0.00843. The second-order valence-corrected chi connectivity index (χ2v) is 5.01. The number of nitrogens with zero attached hydrogens (tertiary/aromatic N) is 2. The molecule has 112 valence electrons. The van der Waals surface area contributed by atoms with E-state index in [4.69, 9.17) is 4.74 Å². The molecule has 1 fully saturated rings. The molecule has 1 saturated heterocycles. The van der Waals surface area contributed by atoms with Gasteiger partial charge in [-0.15, -0.1) is 0 Å². The highest BCUT2D eigenvalue weighted by Gasteiger charge is 2.25. The van der Waals surface area contributed by atoms with Gasteiger partial charge in [0, 0.05) is 31.7 Å². The summed E-state index contributed by atoms with van der Waals surface area (Å²) in [5.41, 5.74) is 1.81. The lowest BCUT2D eigenvalue weighted by molar-refractivity contribution is 0.0581. The average Bonchev–Trinajstić information content (AvgIpc) is 2.53. The third kappa shape index (κ3) is 3.84. The van der Waals surface area contributed by atoms with E-state index in [1.54, 1.807) is 9.80 Å². The number of carbonyl (C=O) groups excluding carboxylic acids is 2. The molecule has 5 nitrogen and oxygen atoms in total. The molecule has 5 heteroatoms. The zero-order valence-corrected chi connectivity index (χ0v) is 12.2. The number of hydrogen-bond acceptors (Lipinski definition) is 3. The fraction of sp³-hybridized carbons (Fsp3) is 0.375. The van der Waals surface area contributed by atoms with Gasteiger partial charge < -0.3 is 14.5 Å². The molecule has 0 bridgehead atoms. The van der Waals surface area contributed by atoms with E-state index < -0.39 is 0 Å². The van der Waals surface area contributed by atoms with Crippen LogP contribution in [0.1, 0.15) is 15.9 Å². The van der Waals surface area contributed by atoms with E-state index in [0.29, 0.717) is 31.7 Å². The molecule has 1 heterocycles. The van der Waals surface area contributed by atoms with Crippen LogP contribution in [0, 0.1) is 6.92 Å². The summed E-state index contributed by atoms with van der Waals surface area (Å²) in [5, 5.41) is 0. The van der Waals surface area contributed by atoms with Gasteiger partial charge in [0.15, 0.2) is 0 Å². The van der Waals surface area contributed by atoms with Crippen LogP contribution in [0.3, 0.4) is 0 Å². The van der Waals surface area contributed by atoms with Crippen molar-refractivity contribution in [2.45, 2.75) is 6.92 Å². The number of rotatable bonds is 3. The normalized spacial score (nSPS) is 14.7.